The van der Waals surface area contributed by atoms with Gasteiger partial charge in [0.05, 0.1) is 23.8 Å². The molecule has 2 rings (SSSR count). The van der Waals surface area contributed by atoms with E-state index < -0.39 is 17.3 Å². The summed E-state index contributed by atoms with van der Waals surface area (Å²) in [4.78, 5) is 4.27. The van der Waals surface area contributed by atoms with Gasteiger partial charge < -0.3 is 9.47 Å². The topological polar surface area (TPSA) is 30.8 Å². The van der Waals surface area contributed by atoms with E-state index in [0.717, 1.165) is 12.1 Å². The molecular formula is C13H14F3NO2. The van der Waals surface area contributed by atoms with Crippen LogP contribution in [0.1, 0.15) is 25.0 Å². The van der Waals surface area contributed by atoms with Gasteiger partial charge in [0.15, 0.2) is 0 Å². The summed E-state index contributed by atoms with van der Waals surface area (Å²) >= 11 is 0. The highest BCUT2D eigenvalue weighted by atomic mass is 19.4. The lowest BCUT2D eigenvalue weighted by atomic mass is 10.1. The molecule has 0 bridgehead atoms. The Kier molecular flexibility index (Phi) is 3.20. The van der Waals surface area contributed by atoms with Crippen molar-refractivity contribution in [3.05, 3.63) is 29.3 Å². The molecule has 1 heterocycles. The van der Waals surface area contributed by atoms with Gasteiger partial charge in [-0.05, 0) is 32.0 Å². The van der Waals surface area contributed by atoms with Crippen molar-refractivity contribution in [3.63, 3.8) is 0 Å². The summed E-state index contributed by atoms with van der Waals surface area (Å²) in [5.41, 5.74) is -0.962. The zero-order valence-corrected chi connectivity index (χ0v) is 10.8. The monoisotopic (exact) mass is 273 g/mol. The lowest BCUT2D eigenvalue weighted by molar-refractivity contribution is -0.137. The van der Waals surface area contributed by atoms with Crippen LogP contribution in [-0.2, 0) is 10.9 Å². The van der Waals surface area contributed by atoms with E-state index in [1.165, 1.54) is 13.2 Å². The lowest BCUT2D eigenvalue weighted by Crippen LogP contribution is -2.17. The van der Waals surface area contributed by atoms with Gasteiger partial charge in [-0.15, -0.1) is 0 Å². The lowest BCUT2D eigenvalue weighted by Gasteiger charge is -2.12. The van der Waals surface area contributed by atoms with Crippen LogP contribution in [-0.4, -0.2) is 25.2 Å². The summed E-state index contributed by atoms with van der Waals surface area (Å²) in [5.74, 6) is 0.498. The minimum absolute atomic E-state index is 0.188. The van der Waals surface area contributed by atoms with Crippen LogP contribution in [0.15, 0.2) is 23.2 Å². The van der Waals surface area contributed by atoms with E-state index in [1.54, 1.807) is 0 Å². The van der Waals surface area contributed by atoms with E-state index in [1.807, 2.05) is 13.8 Å². The zero-order valence-electron chi connectivity index (χ0n) is 10.8. The number of ether oxygens (including phenoxy) is 2. The predicted molar refractivity (Wildman–Crippen MR) is 64.6 cm³/mol. The highest BCUT2D eigenvalue weighted by Crippen LogP contribution is 2.34. The van der Waals surface area contributed by atoms with Crippen molar-refractivity contribution >= 4 is 5.90 Å². The molecule has 0 amide bonds. The molecule has 0 saturated heterocycles. The molecule has 104 valence electrons. The molecule has 3 nitrogen and oxygen atoms in total. The largest absolute Gasteiger partial charge is 0.496 e. The SMILES string of the molecule is COc1ccc(C(F)(F)F)cc1C1=NC(C)(C)CO1. The van der Waals surface area contributed by atoms with Crippen LogP contribution in [0.3, 0.4) is 0 Å². The summed E-state index contributed by atoms with van der Waals surface area (Å²) in [7, 11) is 1.40. The highest BCUT2D eigenvalue weighted by Gasteiger charge is 2.34. The van der Waals surface area contributed by atoms with Gasteiger partial charge >= 0.3 is 6.18 Å². The van der Waals surface area contributed by atoms with Crippen molar-refractivity contribution in [2.75, 3.05) is 13.7 Å². The molecule has 0 aromatic heterocycles. The molecule has 1 aliphatic heterocycles. The maximum atomic E-state index is 12.7. The van der Waals surface area contributed by atoms with E-state index >= 15 is 0 Å². The predicted octanol–water partition coefficient (Wildman–Crippen LogP) is 3.27. The summed E-state index contributed by atoms with van der Waals surface area (Å²) in [6, 6.07) is 3.25. The Morgan fingerprint density at radius 2 is 2.00 bits per heavy atom. The first-order valence-corrected chi connectivity index (χ1v) is 5.71. The number of nitrogens with zero attached hydrogens (tertiary/aromatic N) is 1. The fraction of sp³-hybridized carbons (Fsp3) is 0.462. The first-order chi connectivity index (χ1) is 8.73. The average Bonchev–Trinajstić information content (AvgIpc) is 2.67. The number of benzene rings is 1. The third-order valence-corrected chi connectivity index (χ3v) is 2.72. The van der Waals surface area contributed by atoms with Crippen molar-refractivity contribution in [1.82, 2.24) is 0 Å². The number of alkyl halides is 3. The Bertz CT molecular complexity index is 521. The number of halogens is 3. The molecule has 0 fully saturated rings. The standard InChI is InChI=1S/C13H14F3NO2/c1-12(2)7-19-11(17-12)9-6-8(13(14,15)16)4-5-10(9)18-3/h4-6H,7H2,1-3H3. The van der Waals surface area contributed by atoms with Gasteiger partial charge in [0.2, 0.25) is 5.90 Å². The van der Waals surface area contributed by atoms with Crippen LogP contribution >= 0.6 is 0 Å². The second kappa shape index (κ2) is 4.43. The Hall–Kier alpha value is -1.72. The smallest absolute Gasteiger partial charge is 0.416 e. The molecule has 19 heavy (non-hydrogen) atoms. The van der Waals surface area contributed by atoms with E-state index in [2.05, 4.69) is 4.99 Å². The van der Waals surface area contributed by atoms with Gasteiger partial charge in [0.25, 0.3) is 0 Å². The van der Waals surface area contributed by atoms with Crippen molar-refractivity contribution in [2.45, 2.75) is 25.6 Å². The third-order valence-electron chi connectivity index (χ3n) is 2.72. The number of methoxy groups -OCH3 is 1. The number of rotatable bonds is 2. The van der Waals surface area contributed by atoms with Crippen LogP contribution < -0.4 is 4.74 Å². The van der Waals surface area contributed by atoms with Gasteiger partial charge in [-0.2, -0.15) is 13.2 Å². The fourth-order valence-corrected chi connectivity index (χ4v) is 1.77. The Morgan fingerprint density at radius 1 is 1.32 bits per heavy atom. The average molecular weight is 273 g/mol. The molecule has 1 aromatic carbocycles. The van der Waals surface area contributed by atoms with E-state index in [9.17, 15) is 13.2 Å². The molecule has 0 aliphatic carbocycles. The second-order valence-electron chi connectivity index (χ2n) is 4.93. The molecule has 1 aliphatic rings. The van der Waals surface area contributed by atoms with Gasteiger partial charge in [-0.25, -0.2) is 4.99 Å². The molecule has 0 radical (unpaired) electrons. The molecule has 6 heteroatoms. The molecule has 0 spiro atoms. The maximum absolute atomic E-state index is 12.7. The summed E-state index contributed by atoms with van der Waals surface area (Å²) in [6.45, 7) is 4.03. The number of aliphatic imine (C=N–C) groups is 1. The van der Waals surface area contributed by atoms with Gasteiger partial charge in [0.1, 0.15) is 12.4 Å². The maximum Gasteiger partial charge on any atom is 0.416 e. The first-order valence-electron chi connectivity index (χ1n) is 5.71. The molecule has 1 aromatic rings. The van der Waals surface area contributed by atoms with Gasteiger partial charge in [-0.1, -0.05) is 0 Å². The molecule has 0 N–H and O–H groups in total. The second-order valence-corrected chi connectivity index (χ2v) is 4.93. The quantitative estimate of drug-likeness (QED) is 0.828. The summed E-state index contributed by atoms with van der Waals surface area (Å²) in [5, 5.41) is 0. The summed E-state index contributed by atoms with van der Waals surface area (Å²) < 4.78 is 48.6. The van der Waals surface area contributed by atoms with Crippen LogP contribution in [0.5, 0.6) is 5.75 Å². The molecular weight excluding hydrogens is 259 g/mol. The van der Waals surface area contributed by atoms with Gasteiger partial charge in [-0.3, -0.25) is 0 Å². The highest BCUT2D eigenvalue weighted by molar-refractivity contribution is 5.98. The van der Waals surface area contributed by atoms with Crippen molar-refractivity contribution < 1.29 is 22.6 Å². The Labute approximate surface area is 109 Å². The van der Waals surface area contributed by atoms with Crippen LogP contribution in [0.4, 0.5) is 13.2 Å². The van der Waals surface area contributed by atoms with Crippen molar-refractivity contribution in [1.29, 1.82) is 0 Å². The first kappa shape index (κ1) is 13.7. The molecule has 0 unspecified atom stereocenters. The van der Waals surface area contributed by atoms with Crippen molar-refractivity contribution in [2.24, 2.45) is 4.99 Å². The zero-order chi connectivity index (χ0) is 14.3. The Morgan fingerprint density at radius 3 is 2.47 bits per heavy atom. The van der Waals surface area contributed by atoms with Crippen LogP contribution in [0.2, 0.25) is 0 Å². The molecule has 0 saturated carbocycles. The van der Waals surface area contributed by atoms with E-state index in [-0.39, 0.29) is 11.5 Å². The van der Waals surface area contributed by atoms with Gasteiger partial charge in [0, 0.05) is 0 Å². The fourth-order valence-electron chi connectivity index (χ4n) is 1.77. The number of hydrogen-bond donors (Lipinski definition) is 0. The normalized spacial score (nSPS) is 17.9. The van der Waals surface area contributed by atoms with Crippen LogP contribution in [0.25, 0.3) is 0 Å². The van der Waals surface area contributed by atoms with Crippen LogP contribution in [0, 0.1) is 0 Å². The summed E-state index contributed by atoms with van der Waals surface area (Å²) in [6.07, 6.45) is -4.41. The minimum atomic E-state index is -4.41. The number of hydrogen-bond acceptors (Lipinski definition) is 3. The van der Waals surface area contributed by atoms with Crippen molar-refractivity contribution in [3.8, 4) is 5.75 Å². The third kappa shape index (κ3) is 2.83. The van der Waals surface area contributed by atoms with E-state index in [4.69, 9.17) is 9.47 Å². The Balaban J connectivity index is 2.49. The van der Waals surface area contributed by atoms with E-state index in [0.29, 0.717) is 12.4 Å². The minimum Gasteiger partial charge on any atom is -0.496 e. The molecule has 0 atom stereocenters.